The van der Waals surface area contributed by atoms with Gasteiger partial charge in [-0.2, -0.15) is 0 Å². The fourth-order valence-corrected chi connectivity index (χ4v) is 1.05. The minimum atomic E-state index is 0.741. The molecule has 12 heavy (non-hydrogen) atoms. The maximum absolute atomic E-state index is 7.00. The van der Waals surface area contributed by atoms with Crippen molar-refractivity contribution in [3.8, 4) is 0 Å². The van der Waals surface area contributed by atoms with Crippen molar-refractivity contribution in [2.75, 3.05) is 13.7 Å². The lowest BCUT2D eigenvalue weighted by atomic mass is 10.1. The molecule has 0 aliphatic rings. The van der Waals surface area contributed by atoms with E-state index >= 15 is 0 Å². The molecular formula is C10H17NO. The van der Waals surface area contributed by atoms with Gasteiger partial charge < -0.3 is 10.8 Å². The smallest absolute Gasteiger partial charge is 0.0319 e. The van der Waals surface area contributed by atoms with Gasteiger partial charge in [-0.15, -0.1) is 0 Å². The molecule has 3 N–H and O–H groups in total. The van der Waals surface area contributed by atoms with Crippen molar-refractivity contribution < 1.29 is 5.11 Å². The first kappa shape index (κ1) is 11.1. The Labute approximate surface area is 74.0 Å². The standard InChI is InChI=1S/C9H13N.CH4O/c1-8-4-2-3-5-9(8)6-7-10;1-2/h2-5H,6-7,10H2,1H3;2H,1H3. The molecule has 2 heteroatoms. The third-order valence-corrected chi connectivity index (χ3v) is 1.67. The number of rotatable bonds is 2. The summed E-state index contributed by atoms with van der Waals surface area (Å²) in [6.07, 6.45) is 0.993. The molecule has 0 unspecified atom stereocenters. The van der Waals surface area contributed by atoms with Crippen molar-refractivity contribution in [1.82, 2.24) is 0 Å². The van der Waals surface area contributed by atoms with Gasteiger partial charge in [-0.05, 0) is 31.0 Å². The highest BCUT2D eigenvalue weighted by Gasteiger charge is 1.92. The summed E-state index contributed by atoms with van der Waals surface area (Å²) >= 11 is 0. The Kier molecular flexibility index (Phi) is 6.34. The molecule has 0 spiro atoms. The van der Waals surface area contributed by atoms with Crippen molar-refractivity contribution in [3.63, 3.8) is 0 Å². The van der Waals surface area contributed by atoms with Crippen molar-refractivity contribution in [3.05, 3.63) is 35.4 Å². The number of aryl methyl sites for hydroxylation is 1. The van der Waals surface area contributed by atoms with Gasteiger partial charge in [-0.3, -0.25) is 0 Å². The predicted octanol–water partition coefficient (Wildman–Crippen LogP) is 1.10. The number of hydrogen-bond donors (Lipinski definition) is 2. The van der Waals surface area contributed by atoms with Gasteiger partial charge in [0.15, 0.2) is 0 Å². The van der Waals surface area contributed by atoms with Gasteiger partial charge in [-0.1, -0.05) is 24.3 Å². The van der Waals surface area contributed by atoms with Gasteiger partial charge in [0, 0.05) is 7.11 Å². The first-order chi connectivity index (χ1) is 5.84. The Morgan fingerprint density at radius 3 is 2.33 bits per heavy atom. The molecule has 1 aromatic rings. The molecule has 0 aliphatic heterocycles. The van der Waals surface area contributed by atoms with Crippen LogP contribution in [0.4, 0.5) is 0 Å². The molecule has 1 aromatic carbocycles. The van der Waals surface area contributed by atoms with E-state index in [0.717, 1.165) is 20.1 Å². The van der Waals surface area contributed by atoms with E-state index in [1.54, 1.807) is 0 Å². The first-order valence-electron chi connectivity index (χ1n) is 4.04. The van der Waals surface area contributed by atoms with Gasteiger partial charge >= 0.3 is 0 Å². The summed E-state index contributed by atoms with van der Waals surface area (Å²) in [7, 11) is 1.00. The Bertz CT molecular complexity index is 211. The third-order valence-electron chi connectivity index (χ3n) is 1.67. The molecule has 0 amide bonds. The Balaban J connectivity index is 0.000000561. The molecule has 1 rings (SSSR count). The van der Waals surface area contributed by atoms with E-state index < -0.39 is 0 Å². The molecule has 0 saturated heterocycles. The van der Waals surface area contributed by atoms with Gasteiger partial charge in [0.05, 0.1) is 0 Å². The van der Waals surface area contributed by atoms with E-state index in [1.807, 2.05) is 0 Å². The summed E-state index contributed by atoms with van der Waals surface area (Å²) in [5.74, 6) is 0. The largest absolute Gasteiger partial charge is 0.400 e. The third kappa shape index (κ3) is 3.51. The summed E-state index contributed by atoms with van der Waals surface area (Å²) in [5, 5.41) is 7.00. The van der Waals surface area contributed by atoms with Gasteiger partial charge in [0.2, 0.25) is 0 Å². The Morgan fingerprint density at radius 2 is 1.83 bits per heavy atom. The van der Waals surface area contributed by atoms with E-state index in [0.29, 0.717) is 0 Å². The lowest BCUT2D eigenvalue weighted by Crippen LogP contribution is -2.03. The molecule has 0 aromatic heterocycles. The summed E-state index contributed by atoms with van der Waals surface area (Å²) in [5.41, 5.74) is 8.14. The number of aliphatic hydroxyl groups is 1. The second kappa shape index (κ2) is 6.83. The normalized spacial score (nSPS) is 8.67. The van der Waals surface area contributed by atoms with E-state index in [4.69, 9.17) is 10.8 Å². The number of aliphatic hydroxyl groups excluding tert-OH is 1. The highest BCUT2D eigenvalue weighted by atomic mass is 16.2. The van der Waals surface area contributed by atoms with E-state index in [9.17, 15) is 0 Å². The van der Waals surface area contributed by atoms with Crippen LogP contribution in [0.3, 0.4) is 0 Å². The minimum absolute atomic E-state index is 0.741. The average molecular weight is 167 g/mol. The highest BCUT2D eigenvalue weighted by Crippen LogP contribution is 2.05. The van der Waals surface area contributed by atoms with Gasteiger partial charge in [-0.25, -0.2) is 0 Å². The van der Waals surface area contributed by atoms with Crippen molar-refractivity contribution >= 4 is 0 Å². The lowest BCUT2D eigenvalue weighted by Gasteiger charge is -2.01. The molecular weight excluding hydrogens is 150 g/mol. The average Bonchev–Trinajstić information content (AvgIpc) is 2.13. The van der Waals surface area contributed by atoms with Crippen LogP contribution in [0.5, 0.6) is 0 Å². The van der Waals surface area contributed by atoms with E-state index in [1.165, 1.54) is 11.1 Å². The molecule has 0 heterocycles. The van der Waals surface area contributed by atoms with Crippen LogP contribution in [-0.4, -0.2) is 18.8 Å². The van der Waals surface area contributed by atoms with Crippen LogP contribution < -0.4 is 5.73 Å². The highest BCUT2D eigenvalue weighted by molar-refractivity contribution is 5.25. The van der Waals surface area contributed by atoms with Crippen molar-refractivity contribution in [2.24, 2.45) is 5.73 Å². The number of nitrogens with two attached hydrogens (primary N) is 1. The zero-order valence-corrected chi connectivity index (χ0v) is 7.75. The van der Waals surface area contributed by atoms with Crippen molar-refractivity contribution in [1.29, 1.82) is 0 Å². The molecule has 0 fully saturated rings. The Hall–Kier alpha value is -0.860. The quantitative estimate of drug-likeness (QED) is 0.693. The topological polar surface area (TPSA) is 46.2 Å². The maximum Gasteiger partial charge on any atom is 0.0319 e. The molecule has 2 nitrogen and oxygen atoms in total. The zero-order chi connectivity index (χ0) is 9.40. The summed E-state index contributed by atoms with van der Waals surface area (Å²) in [6, 6.07) is 8.35. The van der Waals surface area contributed by atoms with Crippen LogP contribution in [-0.2, 0) is 6.42 Å². The van der Waals surface area contributed by atoms with Crippen LogP contribution >= 0.6 is 0 Å². The molecule has 0 saturated carbocycles. The van der Waals surface area contributed by atoms with E-state index in [2.05, 4.69) is 31.2 Å². The number of hydrogen-bond acceptors (Lipinski definition) is 2. The van der Waals surface area contributed by atoms with Crippen LogP contribution in [0.15, 0.2) is 24.3 Å². The monoisotopic (exact) mass is 167 g/mol. The van der Waals surface area contributed by atoms with Crippen LogP contribution in [0, 0.1) is 6.92 Å². The number of benzene rings is 1. The minimum Gasteiger partial charge on any atom is -0.400 e. The predicted molar refractivity (Wildman–Crippen MR) is 52.1 cm³/mol. The van der Waals surface area contributed by atoms with Gasteiger partial charge in [0.1, 0.15) is 0 Å². The molecule has 0 aliphatic carbocycles. The second-order valence-corrected chi connectivity index (χ2v) is 2.47. The van der Waals surface area contributed by atoms with Gasteiger partial charge in [0.25, 0.3) is 0 Å². The molecule has 68 valence electrons. The van der Waals surface area contributed by atoms with Crippen LogP contribution in [0.1, 0.15) is 11.1 Å². The zero-order valence-electron chi connectivity index (χ0n) is 7.75. The summed E-state index contributed by atoms with van der Waals surface area (Å²) < 4.78 is 0. The molecule has 0 atom stereocenters. The molecule has 0 bridgehead atoms. The SMILES string of the molecule is CO.Cc1ccccc1CCN. The molecule has 0 radical (unpaired) electrons. The van der Waals surface area contributed by atoms with Crippen molar-refractivity contribution in [2.45, 2.75) is 13.3 Å². The fourth-order valence-electron chi connectivity index (χ4n) is 1.05. The lowest BCUT2D eigenvalue weighted by molar-refractivity contribution is 0.399. The second-order valence-electron chi connectivity index (χ2n) is 2.47. The summed E-state index contributed by atoms with van der Waals surface area (Å²) in [4.78, 5) is 0. The maximum atomic E-state index is 7.00. The van der Waals surface area contributed by atoms with Crippen LogP contribution in [0.25, 0.3) is 0 Å². The first-order valence-corrected chi connectivity index (χ1v) is 4.04. The van der Waals surface area contributed by atoms with E-state index in [-0.39, 0.29) is 0 Å². The van der Waals surface area contributed by atoms with Crippen LogP contribution in [0.2, 0.25) is 0 Å². The summed E-state index contributed by atoms with van der Waals surface area (Å²) in [6.45, 7) is 2.86. The Morgan fingerprint density at radius 1 is 1.25 bits per heavy atom. The fraction of sp³-hybridized carbons (Fsp3) is 0.400.